The first kappa shape index (κ1) is 16.3. The Morgan fingerprint density at radius 2 is 2.24 bits per heavy atom. The highest BCUT2D eigenvalue weighted by Gasteiger charge is 2.23. The van der Waals surface area contributed by atoms with Crippen LogP contribution in [0.4, 0.5) is 0 Å². The van der Waals surface area contributed by atoms with Gasteiger partial charge in [0.1, 0.15) is 5.82 Å². The minimum absolute atomic E-state index is 0.500. The summed E-state index contributed by atoms with van der Waals surface area (Å²) in [4.78, 5) is 13.9. The molecule has 1 aromatic heterocycles. The second kappa shape index (κ2) is 8.38. The predicted octanol–water partition coefficient (Wildman–Crippen LogP) is 0.000900. The van der Waals surface area contributed by atoms with Crippen LogP contribution in [0.15, 0.2) is 12.3 Å². The molecule has 118 valence electrons. The van der Waals surface area contributed by atoms with E-state index in [1.165, 1.54) is 0 Å². The topological polar surface area (TPSA) is 53.5 Å². The van der Waals surface area contributed by atoms with Crippen molar-refractivity contribution in [2.75, 3.05) is 54.0 Å². The molecule has 1 saturated heterocycles. The zero-order chi connectivity index (χ0) is 15.1. The van der Waals surface area contributed by atoms with Crippen LogP contribution in [-0.2, 0) is 17.7 Å². The van der Waals surface area contributed by atoms with Crippen molar-refractivity contribution in [3.8, 4) is 0 Å². The van der Waals surface area contributed by atoms with Gasteiger partial charge in [-0.15, -0.1) is 0 Å². The standard InChI is InChI=1S/C15H27N5O/c1-19-7-8-20(2)14(12-19)10-15-17-5-4-13(18-15)11-16-6-9-21-3/h4-5,14,16H,6-12H2,1-3H3. The Morgan fingerprint density at radius 1 is 1.38 bits per heavy atom. The number of aromatic nitrogens is 2. The number of nitrogens with zero attached hydrogens (tertiary/aromatic N) is 4. The van der Waals surface area contributed by atoms with Crippen molar-refractivity contribution < 1.29 is 4.74 Å². The van der Waals surface area contributed by atoms with E-state index < -0.39 is 0 Å². The summed E-state index contributed by atoms with van der Waals surface area (Å²) in [5.74, 6) is 0.938. The van der Waals surface area contributed by atoms with E-state index in [9.17, 15) is 0 Å². The van der Waals surface area contributed by atoms with Crippen molar-refractivity contribution in [2.24, 2.45) is 0 Å². The summed E-state index contributed by atoms with van der Waals surface area (Å²) < 4.78 is 5.02. The molecule has 1 aliphatic heterocycles. The molecule has 1 N–H and O–H groups in total. The van der Waals surface area contributed by atoms with Crippen LogP contribution < -0.4 is 5.32 Å². The molecule has 0 bridgehead atoms. The van der Waals surface area contributed by atoms with Gasteiger partial charge in [0.25, 0.3) is 0 Å². The fourth-order valence-corrected chi connectivity index (χ4v) is 2.56. The third-order valence-corrected chi connectivity index (χ3v) is 3.95. The van der Waals surface area contributed by atoms with E-state index in [4.69, 9.17) is 4.74 Å². The highest BCUT2D eigenvalue weighted by atomic mass is 16.5. The van der Waals surface area contributed by atoms with Gasteiger partial charge in [-0.3, -0.25) is 0 Å². The first-order valence-corrected chi connectivity index (χ1v) is 7.58. The normalized spacial score (nSPS) is 20.8. The largest absolute Gasteiger partial charge is 0.383 e. The summed E-state index contributed by atoms with van der Waals surface area (Å²) in [6.07, 6.45) is 2.77. The quantitative estimate of drug-likeness (QED) is 0.714. The third kappa shape index (κ3) is 5.32. The molecule has 6 nitrogen and oxygen atoms in total. The lowest BCUT2D eigenvalue weighted by molar-refractivity contribution is 0.113. The summed E-state index contributed by atoms with van der Waals surface area (Å²) >= 11 is 0. The van der Waals surface area contributed by atoms with Crippen molar-refractivity contribution in [1.29, 1.82) is 0 Å². The van der Waals surface area contributed by atoms with Crippen LogP contribution in [0, 0.1) is 0 Å². The van der Waals surface area contributed by atoms with E-state index in [1.807, 2.05) is 12.3 Å². The number of likely N-dealkylation sites (N-methyl/N-ethyl adjacent to an activating group) is 2. The molecule has 1 atom stereocenters. The maximum absolute atomic E-state index is 5.02. The van der Waals surface area contributed by atoms with Crippen LogP contribution in [0.25, 0.3) is 0 Å². The first-order chi connectivity index (χ1) is 10.2. The molecule has 0 saturated carbocycles. The summed E-state index contributed by atoms with van der Waals surface area (Å²) in [5, 5.41) is 3.32. The summed E-state index contributed by atoms with van der Waals surface area (Å²) in [5.41, 5.74) is 1.04. The van der Waals surface area contributed by atoms with Crippen molar-refractivity contribution in [1.82, 2.24) is 25.1 Å². The highest BCUT2D eigenvalue weighted by Crippen LogP contribution is 2.10. The van der Waals surface area contributed by atoms with Crippen molar-refractivity contribution in [3.05, 3.63) is 23.8 Å². The molecule has 0 aromatic carbocycles. The Balaban J connectivity index is 1.88. The van der Waals surface area contributed by atoms with Gasteiger partial charge in [0.15, 0.2) is 0 Å². The minimum Gasteiger partial charge on any atom is -0.383 e. The van der Waals surface area contributed by atoms with E-state index in [-0.39, 0.29) is 0 Å². The number of ether oxygens (including phenoxy) is 1. The Morgan fingerprint density at radius 3 is 3.05 bits per heavy atom. The lowest BCUT2D eigenvalue weighted by Gasteiger charge is -2.37. The second-order valence-corrected chi connectivity index (χ2v) is 5.73. The molecule has 1 unspecified atom stereocenters. The number of methoxy groups -OCH3 is 1. The van der Waals surface area contributed by atoms with Gasteiger partial charge < -0.3 is 19.9 Å². The fourth-order valence-electron chi connectivity index (χ4n) is 2.56. The van der Waals surface area contributed by atoms with Crippen LogP contribution in [0.2, 0.25) is 0 Å². The number of hydrogen-bond donors (Lipinski definition) is 1. The first-order valence-electron chi connectivity index (χ1n) is 7.58. The number of rotatable bonds is 7. The third-order valence-electron chi connectivity index (χ3n) is 3.95. The zero-order valence-electron chi connectivity index (χ0n) is 13.4. The molecular weight excluding hydrogens is 266 g/mol. The Labute approximate surface area is 127 Å². The van der Waals surface area contributed by atoms with Crippen LogP contribution in [0.1, 0.15) is 11.5 Å². The molecule has 0 radical (unpaired) electrons. The van der Waals surface area contributed by atoms with Gasteiger partial charge in [-0.2, -0.15) is 0 Å². The van der Waals surface area contributed by atoms with E-state index in [1.54, 1.807) is 7.11 Å². The van der Waals surface area contributed by atoms with Crippen LogP contribution in [0.5, 0.6) is 0 Å². The zero-order valence-corrected chi connectivity index (χ0v) is 13.4. The van der Waals surface area contributed by atoms with Gasteiger partial charge in [-0.25, -0.2) is 9.97 Å². The molecule has 0 aliphatic carbocycles. The minimum atomic E-state index is 0.500. The highest BCUT2D eigenvalue weighted by molar-refractivity contribution is 5.04. The van der Waals surface area contributed by atoms with E-state index in [2.05, 4.69) is 39.2 Å². The second-order valence-electron chi connectivity index (χ2n) is 5.73. The summed E-state index contributed by atoms with van der Waals surface area (Å²) in [6, 6.07) is 2.47. The summed E-state index contributed by atoms with van der Waals surface area (Å²) in [6.45, 7) is 5.65. The van der Waals surface area contributed by atoms with E-state index >= 15 is 0 Å². The van der Waals surface area contributed by atoms with Crippen molar-refractivity contribution in [2.45, 2.75) is 19.0 Å². The van der Waals surface area contributed by atoms with Crippen molar-refractivity contribution in [3.63, 3.8) is 0 Å². The van der Waals surface area contributed by atoms with E-state index in [0.717, 1.165) is 57.3 Å². The average molecular weight is 293 g/mol. The molecule has 6 heteroatoms. The number of nitrogens with one attached hydrogen (secondary N) is 1. The van der Waals surface area contributed by atoms with Gasteiger partial charge in [0, 0.05) is 58.5 Å². The van der Waals surface area contributed by atoms with Gasteiger partial charge in [0.05, 0.1) is 12.3 Å². The molecule has 2 heterocycles. The maximum atomic E-state index is 5.02. The number of hydrogen-bond acceptors (Lipinski definition) is 6. The predicted molar refractivity (Wildman–Crippen MR) is 83.2 cm³/mol. The lowest BCUT2D eigenvalue weighted by Crippen LogP contribution is -2.51. The van der Waals surface area contributed by atoms with Gasteiger partial charge in [0.2, 0.25) is 0 Å². The van der Waals surface area contributed by atoms with Crippen molar-refractivity contribution >= 4 is 0 Å². The molecule has 1 aromatic rings. The van der Waals surface area contributed by atoms with E-state index in [0.29, 0.717) is 6.04 Å². The van der Waals surface area contributed by atoms with Crippen LogP contribution >= 0.6 is 0 Å². The SMILES string of the molecule is COCCNCc1ccnc(CC2CN(C)CCN2C)n1. The van der Waals surface area contributed by atoms with Crippen LogP contribution in [0.3, 0.4) is 0 Å². The molecule has 0 amide bonds. The molecular formula is C15H27N5O. The maximum Gasteiger partial charge on any atom is 0.130 e. The average Bonchev–Trinajstić information content (AvgIpc) is 2.48. The van der Waals surface area contributed by atoms with Gasteiger partial charge >= 0.3 is 0 Å². The summed E-state index contributed by atoms with van der Waals surface area (Å²) in [7, 11) is 6.08. The fraction of sp³-hybridized carbons (Fsp3) is 0.733. The van der Waals surface area contributed by atoms with Crippen LogP contribution in [-0.4, -0.2) is 79.8 Å². The van der Waals surface area contributed by atoms with Gasteiger partial charge in [-0.1, -0.05) is 0 Å². The lowest BCUT2D eigenvalue weighted by atomic mass is 10.1. The monoisotopic (exact) mass is 293 g/mol. The Hall–Kier alpha value is -1.08. The molecule has 1 aliphatic rings. The molecule has 2 rings (SSSR count). The molecule has 1 fully saturated rings. The molecule has 21 heavy (non-hydrogen) atoms. The number of piperazine rings is 1. The smallest absolute Gasteiger partial charge is 0.130 e. The Kier molecular flexibility index (Phi) is 6.50. The molecule has 0 spiro atoms. The Bertz CT molecular complexity index is 428. The van der Waals surface area contributed by atoms with Gasteiger partial charge in [-0.05, 0) is 20.2 Å².